The zero-order valence-electron chi connectivity index (χ0n) is 8.42. The molecule has 13 heavy (non-hydrogen) atoms. The normalized spacial score (nSPS) is 32.8. The van der Waals surface area contributed by atoms with Gasteiger partial charge in [0.15, 0.2) is 5.78 Å². The Balaban J connectivity index is 2.01. The van der Waals surface area contributed by atoms with Gasteiger partial charge in [-0.05, 0) is 39.2 Å². The minimum Gasteiger partial charge on any atom is -0.295 e. The van der Waals surface area contributed by atoms with Crippen LogP contribution in [0.4, 0.5) is 0 Å². The van der Waals surface area contributed by atoms with Crippen LogP contribution in [0.25, 0.3) is 0 Å². The number of likely N-dealkylation sites (tertiary alicyclic amines) is 1. The molecule has 0 bridgehead atoms. The standard InChI is InChI=1S/C11H17NO/c1-8-5-10(6-9(2)13)7-12(8)11-3-4-11/h6,8,11H,3-5,7H2,1-2H3. The van der Waals surface area contributed by atoms with E-state index in [2.05, 4.69) is 11.8 Å². The monoisotopic (exact) mass is 179 g/mol. The van der Waals surface area contributed by atoms with Crippen LogP contribution < -0.4 is 0 Å². The van der Waals surface area contributed by atoms with Gasteiger partial charge in [-0.1, -0.05) is 5.57 Å². The van der Waals surface area contributed by atoms with E-state index in [1.54, 1.807) is 6.92 Å². The first-order chi connectivity index (χ1) is 6.16. The fourth-order valence-electron chi connectivity index (χ4n) is 2.24. The number of carbonyl (C=O) groups is 1. The molecular formula is C11H17NO. The van der Waals surface area contributed by atoms with Gasteiger partial charge in [-0.25, -0.2) is 0 Å². The second-order valence-electron chi connectivity index (χ2n) is 4.37. The Labute approximate surface area is 79.6 Å². The summed E-state index contributed by atoms with van der Waals surface area (Å²) in [4.78, 5) is 13.4. The minimum absolute atomic E-state index is 0.194. The first-order valence-corrected chi connectivity index (χ1v) is 5.12. The molecule has 2 nitrogen and oxygen atoms in total. The maximum absolute atomic E-state index is 10.9. The Morgan fingerprint density at radius 2 is 2.23 bits per heavy atom. The second-order valence-corrected chi connectivity index (χ2v) is 4.37. The van der Waals surface area contributed by atoms with E-state index in [4.69, 9.17) is 0 Å². The maximum Gasteiger partial charge on any atom is 0.152 e. The van der Waals surface area contributed by atoms with Crippen molar-refractivity contribution in [2.75, 3.05) is 6.54 Å². The molecule has 0 N–H and O–H groups in total. The summed E-state index contributed by atoms with van der Waals surface area (Å²) in [7, 11) is 0. The molecule has 0 spiro atoms. The van der Waals surface area contributed by atoms with Crippen LogP contribution in [0.2, 0.25) is 0 Å². The molecule has 0 aromatic carbocycles. The van der Waals surface area contributed by atoms with Gasteiger partial charge in [0.05, 0.1) is 0 Å². The van der Waals surface area contributed by atoms with E-state index in [1.165, 1.54) is 18.4 Å². The first kappa shape index (κ1) is 8.95. The van der Waals surface area contributed by atoms with Crippen molar-refractivity contribution >= 4 is 5.78 Å². The molecule has 1 unspecified atom stereocenters. The van der Waals surface area contributed by atoms with E-state index < -0.39 is 0 Å². The molecule has 0 radical (unpaired) electrons. The number of hydrogen-bond acceptors (Lipinski definition) is 2. The highest BCUT2D eigenvalue weighted by molar-refractivity contribution is 5.88. The minimum atomic E-state index is 0.194. The first-order valence-electron chi connectivity index (χ1n) is 5.12. The zero-order valence-corrected chi connectivity index (χ0v) is 8.42. The highest BCUT2D eigenvalue weighted by atomic mass is 16.1. The molecule has 2 fully saturated rings. The third-order valence-corrected chi connectivity index (χ3v) is 2.93. The van der Waals surface area contributed by atoms with Gasteiger partial charge in [0.1, 0.15) is 0 Å². The van der Waals surface area contributed by atoms with Gasteiger partial charge >= 0.3 is 0 Å². The summed E-state index contributed by atoms with van der Waals surface area (Å²) >= 11 is 0. The van der Waals surface area contributed by atoms with Crippen LogP contribution in [0.5, 0.6) is 0 Å². The summed E-state index contributed by atoms with van der Waals surface area (Å²) in [5.41, 5.74) is 1.33. The number of nitrogens with zero attached hydrogens (tertiary/aromatic N) is 1. The van der Waals surface area contributed by atoms with Gasteiger partial charge in [0.25, 0.3) is 0 Å². The van der Waals surface area contributed by atoms with Gasteiger partial charge in [-0.2, -0.15) is 0 Å². The Kier molecular flexibility index (Phi) is 2.24. The fraction of sp³-hybridized carbons (Fsp3) is 0.727. The zero-order chi connectivity index (χ0) is 9.42. The van der Waals surface area contributed by atoms with Crippen LogP contribution in [0, 0.1) is 0 Å². The van der Waals surface area contributed by atoms with Crippen molar-refractivity contribution in [1.29, 1.82) is 0 Å². The lowest BCUT2D eigenvalue weighted by molar-refractivity contribution is -0.112. The Hall–Kier alpha value is -0.630. The summed E-state index contributed by atoms with van der Waals surface area (Å²) < 4.78 is 0. The number of rotatable bonds is 2. The third-order valence-electron chi connectivity index (χ3n) is 2.93. The molecular weight excluding hydrogens is 162 g/mol. The topological polar surface area (TPSA) is 20.3 Å². The van der Waals surface area contributed by atoms with Crippen molar-refractivity contribution in [3.8, 4) is 0 Å². The van der Waals surface area contributed by atoms with Crippen LogP contribution in [0.1, 0.15) is 33.1 Å². The summed E-state index contributed by atoms with van der Waals surface area (Å²) in [5, 5.41) is 0. The number of ketones is 1. The smallest absolute Gasteiger partial charge is 0.152 e. The van der Waals surface area contributed by atoms with Crippen molar-refractivity contribution in [2.24, 2.45) is 0 Å². The van der Waals surface area contributed by atoms with Crippen LogP contribution in [-0.2, 0) is 4.79 Å². The molecule has 1 aliphatic heterocycles. The Morgan fingerprint density at radius 3 is 2.77 bits per heavy atom. The van der Waals surface area contributed by atoms with E-state index in [1.807, 2.05) is 6.08 Å². The van der Waals surface area contributed by atoms with E-state index in [9.17, 15) is 4.79 Å². The molecule has 1 aliphatic carbocycles. The third kappa shape index (κ3) is 1.99. The summed E-state index contributed by atoms with van der Waals surface area (Å²) in [6.45, 7) is 4.93. The van der Waals surface area contributed by atoms with Gasteiger partial charge in [0.2, 0.25) is 0 Å². The predicted octanol–water partition coefficient (Wildman–Crippen LogP) is 1.76. The summed E-state index contributed by atoms with van der Waals surface area (Å²) in [5.74, 6) is 0.194. The van der Waals surface area contributed by atoms with E-state index in [0.29, 0.717) is 6.04 Å². The van der Waals surface area contributed by atoms with Gasteiger partial charge in [-0.15, -0.1) is 0 Å². The number of carbonyl (C=O) groups excluding carboxylic acids is 1. The van der Waals surface area contributed by atoms with Crippen molar-refractivity contribution in [3.63, 3.8) is 0 Å². The average molecular weight is 179 g/mol. The van der Waals surface area contributed by atoms with Gasteiger partial charge in [-0.3, -0.25) is 9.69 Å². The maximum atomic E-state index is 10.9. The largest absolute Gasteiger partial charge is 0.295 e. The number of allylic oxidation sites excluding steroid dienone is 1. The van der Waals surface area contributed by atoms with E-state index >= 15 is 0 Å². The van der Waals surface area contributed by atoms with Crippen LogP contribution >= 0.6 is 0 Å². The molecule has 1 heterocycles. The SMILES string of the molecule is CC(=O)C=C1CC(C)N(C2CC2)C1. The molecule has 0 amide bonds. The molecule has 1 saturated carbocycles. The molecule has 1 saturated heterocycles. The van der Waals surface area contributed by atoms with Crippen molar-refractivity contribution in [2.45, 2.75) is 45.2 Å². The van der Waals surface area contributed by atoms with Crippen molar-refractivity contribution < 1.29 is 4.79 Å². The quantitative estimate of drug-likeness (QED) is 0.602. The van der Waals surface area contributed by atoms with Crippen LogP contribution in [0.15, 0.2) is 11.6 Å². The highest BCUT2D eigenvalue weighted by Gasteiger charge is 2.36. The van der Waals surface area contributed by atoms with Crippen molar-refractivity contribution in [1.82, 2.24) is 4.90 Å². The molecule has 1 atom stereocenters. The van der Waals surface area contributed by atoms with Crippen LogP contribution in [0.3, 0.4) is 0 Å². The average Bonchev–Trinajstić information content (AvgIpc) is 2.77. The second kappa shape index (κ2) is 3.26. The van der Waals surface area contributed by atoms with E-state index in [0.717, 1.165) is 19.0 Å². The van der Waals surface area contributed by atoms with Crippen molar-refractivity contribution in [3.05, 3.63) is 11.6 Å². The Morgan fingerprint density at radius 1 is 1.54 bits per heavy atom. The molecule has 0 aromatic rings. The molecule has 0 aromatic heterocycles. The fourth-order valence-corrected chi connectivity index (χ4v) is 2.24. The molecule has 72 valence electrons. The lowest BCUT2D eigenvalue weighted by Crippen LogP contribution is -2.28. The van der Waals surface area contributed by atoms with E-state index in [-0.39, 0.29) is 5.78 Å². The Bertz CT molecular complexity index is 253. The lowest BCUT2D eigenvalue weighted by Gasteiger charge is -2.19. The van der Waals surface area contributed by atoms with Crippen LogP contribution in [-0.4, -0.2) is 29.3 Å². The predicted molar refractivity (Wildman–Crippen MR) is 52.6 cm³/mol. The van der Waals surface area contributed by atoms with Gasteiger partial charge < -0.3 is 0 Å². The lowest BCUT2D eigenvalue weighted by atomic mass is 10.1. The summed E-state index contributed by atoms with van der Waals surface area (Å²) in [6.07, 6.45) is 5.63. The number of hydrogen-bond donors (Lipinski definition) is 0. The molecule has 2 aliphatic rings. The highest BCUT2D eigenvalue weighted by Crippen LogP contribution is 2.34. The van der Waals surface area contributed by atoms with Gasteiger partial charge in [0, 0.05) is 18.6 Å². The summed E-state index contributed by atoms with van der Waals surface area (Å²) in [6, 6.07) is 1.48. The molecule has 2 rings (SSSR count). The molecule has 2 heteroatoms.